The number of ketones is 1. The van der Waals surface area contributed by atoms with Crippen LogP contribution in [0.4, 0.5) is 0 Å². The Morgan fingerprint density at radius 2 is 1.03 bits per heavy atom. The van der Waals surface area contributed by atoms with Crippen LogP contribution in [0.15, 0.2) is 4.99 Å². The van der Waals surface area contributed by atoms with Crippen LogP contribution in [0.2, 0.25) is 0 Å². The molecule has 0 bridgehead atoms. The fourth-order valence-corrected chi connectivity index (χ4v) is 4.52. The number of unbranched alkanes of at least 4 members (excludes halogenated alkanes) is 18. The second-order valence-corrected chi connectivity index (χ2v) is 10.2. The van der Waals surface area contributed by atoms with E-state index in [-0.39, 0.29) is 25.3 Å². The highest BCUT2D eigenvalue weighted by Crippen LogP contribution is 2.18. The molecular formula is C28H56N4O3. The lowest BCUT2D eigenvalue weighted by Crippen LogP contribution is -2.55. The first kappa shape index (κ1) is 33.4. The topological polar surface area (TPSA) is 145 Å². The van der Waals surface area contributed by atoms with Crippen LogP contribution in [-0.4, -0.2) is 34.9 Å². The number of aliphatic carboxylic acids is 1. The molecule has 7 nitrogen and oxygen atoms in total. The molecular weight excluding hydrogens is 440 g/mol. The molecule has 0 aromatic rings. The monoisotopic (exact) mass is 496 g/mol. The quantitative estimate of drug-likeness (QED) is 0.0484. The highest BCUT2D eigenvalue weighted by Gasteiger charge is 2.40. The van der Waals surface area contributed by atoms with Gasteiger partial charge in [0, 0.05) is 13.0 Å². The van der Waals surface area contributed by atoms with Crippen molar-refractivity contribution >= 4 is 17.7 Å². The van der Waals surface area contributed by atoms with Gasteiger partial charge >= 0.3 is 5.97 Å². The third-order valence-corrected chi connectivity index (χ3v) is 6.91. The van der Waals surface area contributed by atoms with E-state index in [0.717, 1.165) is 12.8 Å². The van der Waals surface area contributed by atoms with E-state index >= 15 is 0 Å². The molecule has 0 fully saturated rings. The first-order valence-corrected chi connectivity index (χ1v) is 14.5. The molecule has 0 heterocycles. The maximum Gasteiger partial charge on any atom is 0.331 e. The van der Waals surface area contributed by atoms with E-state index in [2.05, 4.69) is 11.9 Å². The number of nitrogens with zero attached hydrogens (tertiary/aromatic N) is 1. The Balaban J connectivity index is 3.58. The molecule has 7 heteroatoms. The minimum Gasteiger partial charge on any atom is -0.480 e. The molecule has 7 N–H and O–H groups in total. The molecule has 0 saturated carbocycles. The maximum atomic E-state index is 12.4. The molecule has 0 spiro atoms. The summed E-state index contributed by atoms with van der Waals surface area (Å²) in [7, 11) is 0. The van der Waals surface area contributed by atoms with Crippen molar-refractivity contribution < 1.29 is 14.7 Å². The van der Waals surface area contributed by atoms with Gasteiger partial charge in [0.2, 0.25) is 0 Å². The average molecular weight is 497 g/mol. The predicted molar refractivity (Wildman–Crippen MR) is 147 cm³/mol. The number of carboxylic acid groups (broad SMARTS) is 1. The third kappa shape index (κ3) is 19.3. The van der Waals surface area contributed by atoms with E-state index < -0.39 is 17.3 Å². The number of aliphatic imine (C=N–C) groups is 1. The van der Waals surface area contributed by atoms with Crippen LogP contribution < -0.4 is 17.2 Å². The number of hydrogen-bond acceptors (Lipinski definition) is 4. The average Bonchev–Trinajstić information content (AvgIpc) is 2.82. The lowest BCUT2D eigenvalue weighted by atomic mass is 9.87. The molecule has 1 atom stereocenters. The molecule has 0 aliphatic rings. The van der Waals surface area contributed by atoms with Crippen molar-refractivity contribution in [2.75, 3.05) is 6.54 Å². The second kappa shape index (κ2) is 22.8. The van der Waals surface area contributed by atoms with Gasteiger partial charge in [-0.1, -0.05) is 122 Å². The van der Waals surface area contributed by atoms with E-state index in [1.54, 1.807) is 0 Å². The first-order valence-electron chi connectivity index (χ1n) is 14.5. The highest BCUT2D eigenvalue weighted by atomic mass is 16.4. The minimum atomic E-state index is -1.84. The summed E-state index contributed by atoms with van der Waals surface area (Å²) in [5, 5.41) is 9.44. The van der Waals surface area contributed by atoms with Crippen LogP contribution in [0.25, 0.3) is 0 Å². The third-order valence-electron chi connectivity index (χ3n) is 6.91. The van der Waals surface area contributed by atoms with E-state index in [1.165, 1.54) is 103 Å². The fraction of sp³-hybridized carbons (Fsp3) is 0.893. The van der Waals surface area contributed by atoms with Crippen molar-refractivity contribution in [3.05, 3.63) is 0 Å². The normalized spacial score (nSPS) is 12.9. The van der Waals surface area contributed by atoms with Crippen molar-refractivity contribution in [2.24, 2.45) is 22.2 Å². The molecule has 35 heavy (non-hydrogen) atoms. The number of rotatable bonds is 26. The Labute approximate surface area is 215 Å². The van der Waals surface area contributed by atoms with Crippen LogP contribution in [0, 0.1) is 0 Å². The molecule has 0 aliphatic heterocycles. The van der Waals surface area contributed by atoms with Crippen molar-refractivity contribution in [2.45, 2.75) is 154 Å². The lowest BCUT2D eigenvalue weighted by Gasteiger charge is -2.23. The summed E-state index contributed by atoms with van der Waals surface area (Å²) in [6.45, 7) is 2.54. The summed E-state index contributed by atoms with van der Waals surface area (Å²) in [6.07, 6.45) is 25.1. The van der Waals surface area contributed by atoms with E-state index in [1.807, 2.05) is 0 Å². The number of guanidine groups is 1. The SMILES string of the molecule is CCCCCCCCCCCCCCCCCCCCCC(=O)[C@](N)(CCCN=C(N)N)C(=O)O. The largest absolute Gasteiger partial charge is 0.480 e. The van der Waals surface area contributed by atoms with Crippen LogP contribution in [-0.2, 0) is 9.59 Å². The van der Waals surface area contributed by atoms with Gasteiger partial charge in [0.15, 0.2) is 17.3 Å². The second-order valence-electron chi connectivity index (χ2n) is 10.2. The standard InChI is InChI=1S/C28H56N4O3/c1-2-3-4-5-6-7-8-9-10-11-12-13-14-15-16-17-18-19-20-22-25(33)28(31,26(34)35)23-21-24-32-27(29)30/h2-24,31H2,1H3,(H,34,35)(H4,29,30,32)/t28-/m1/s1. The van der Waals surface area contributed by atoms with Gasteiger partial charge in [-0.2, -0.15) is 0 Å². The van der Waals surface area contributed by atoms with Crippen LogP contribution in [0.1, 0.15) is 148 Å². The Kier molecular flexibility index (Phi) is 21.7. The molecule has 0 saturated heterocycles. The van der Waals surface area contributed by atoms with E-state index in [9.17, 15) is 14.7 Å². The smallest absolute Gasteiger partial charge is 0.331 e. The van der Waals surface area contributed by atoms with Crippen molar-refractivity contribution in [1.29, 1.82) is 0 Å². The summed E-state index contributed by atoms with van der Waals surface area (Å²) >= 11 is 0. The predicted octanol–water partition coefficient (Wildman–Crippen LogP) is 6.21. The van der Waals surface area contributed by atoms with Crippen molar-refractivity contribution in [3.8, 4) is 0 Å². The number of nitrogens with two attached hydrogens (primary N) is 3. The maximum absolute atomic E-state index is 12.4. The molecule has 0 rings (SSSR count). The summed E-state index contributed by atoms with van der Waals surface area (Å²) in [6, 6.07) is 0. The van der Waals surface area contributed by atoms with Gasteiger partial charge in [-0.25, -0.2) is 4.79 Å². The lowest BCUT2D eigenvalue weighted by molar-refractivity contribution is -0.148. The Morgan fingerprint density at radius 3 is 1.37 bits per heavy atom. The van der Waals surface area contributed by atoms with Gasteiger partial charge in [0.25, 0.3) is 0 Å². The van der Waals surface area contributed by atoms with Gasteiger partial charge in [-0.05, 0) is 19.3 Å². The molecule has 0 aromatic carbocycles. The Bertz CT molecular complexity index is 564. The first-order chi connectivity index (χ1) is 16.8. The highest BCUT2D eigenvalue weighted by molar-refractivity contribution is 6.07. The number of Topliss-reactive ketones (excluding diaryl/α,β-unsaturated/α-hetero) is 1. The summed E-state index contributed by atoms with van der Waals surface area (Å²) < 4.78 is 0. The fourth-order valence-electron chi connectivity index (χ4n) is 4.52. The number of carbonyl (C=O) groups excluding carboxylic acids is 1. The Morgan fingerprint density at radius 1 is 0.657 bits per heavy atom. The van der Waals surface area contributed by atoms with Gasteiger partial charge in [-0.15, -0.1) is 0 Å². The van der Waals surface area contributed by atoms with Crippen LogP contribution >= 0.6 is 0 Å². The van der Waals surface area contributed by atoms with Gasteiger partial charge in [0.05, 0.1) is 0 Å². The molecule has 206 valence electrons. The van der Waals surface area contributed by atoms with Gasteiger partial charge in [0.1, 0.15) is 0 Å². The zero-order valence-electron chi connectivity index (χ0n) is 22.7. The van der Waals surface area contributed by atoms with E-state index in [4.69, 9.17) is 17.2 Å². The van der Waals surface area contributed by atoms with Crippen molar-refractivity contribution in [3.63, 3.8) is 0 Å². The van der Waals surface area contributed by atoms with Crippen LogP contribution in [0.3, 0.4) is 0 Å². The minimum absolute atomic E-state index is 0.0388. The van der Waals surface area contributed by atoms with Crippen molar-refractivity contribution in [1.82, 2.24) is 0 Å². The zero-order valence-corrected chi connectivity index (χ0v) is 22.7. The molecule has 0 amide bonds. The number of carbonyl (C=O) groups is 2. The summed E-state index contributed by atoms with van der Waals surface area (Å²) in [4.78, 5) is 27.8. The molecule has 0 aromatic heterocycles. The molecule has 0 radical (unpaired) electrons. The zero-order chi connectivity index (χ0) is 26.2. The van der Waals surface area contributed by atoms with Gasteiger partial charge < -0.3 is 22.3 Å². The van der Waals surface area contributed by atoms with Gasteiger partial charge in [-0.3, -0.25) is 9.79 Å². The number of carboxylic acids is 1. The van der Waals surface area contributed by atoms with Crippen LogP contribution in [0.5, 0.6) is 0 Å². The summed E-state index contributed by atoms with van der Waals surface area (Å²) in [5.41, 5.74) is 14.6. The molecule has 0 unspecified atom stereocenters. The summed E-state index contributed by atoms with van der Waals surface area (Å²) in [5.74, 6) is -1.73. The van der Waals surface area contributed by atoms with E-state index in [0.29, 0.717) is 12.8 Å². The Hall–Kier alpha value is -1.63. The number of hydrogen-bond donors (Lipinski definition) is 4. The molecule has 0 aliphatic carbocycles.